The first kappa shape index (κ1) is 12.9. The van der Waals surface area contributed by atoms with Crippen molar-refractivity contribution in [1.29, 1.82) is 0 Å². The number of rotatable bonds is 4. The van der Waals surface area contributed by atoms with E-state index in [0.29, 0.717) is 13.1 Å². The van der Waals surface area contributed by atoms with E-state index in [2.05, 4.69) is 4.90 Å². The molecule has 1 aliphatic rings. The quantitative estimate of drug-likeness (QED) is 0.848. The number of aliphatic hydroxyl groups excluding tert-OH is 1. The summed E-state index contributed by atoms with van der Waals surface area (Å²) in [5.41, 5.74) is 0. The van der Waals surface area contributed by atoms with Gasteiger partial charge in [-0.15, -0.1) is 0 Å². The summed E-state index contributed by atoms with van der Waals surface area (Å²) in [6.07, 6.45) is 1.32. The number of hydrogen-bond donors (Lipinski definition) is 1. The number of carbonyl (C=O) groups is 1. The molecule has 18 heavy (non-hydrogen) atoms. The minimum Gasteiger partial charge on any atom is -0.468 e. The standard InChI is InChI=1S/C12H18N2O4/c15-7-9-18-12(16)14-5-3-13(4-6-14)10-11-2-1-8-17-11/h1-2,8,15H,3-7,9-10H2. The topological polar surface area (TPSA) is 66.2 Å². The Balaban J connectivity index is 1.72. The van der Waals surface area contributed by atoms with E-state index in [1.807, 2.05) is 12.1 Å². The van der Waals surface area contributed by atoms with Crippen molar-refractivity contribution in [3.05, 3.63) is 24.2 Å². The van der Waals surface area contributed by atoms with Crippen molar-refractivity contribution in [3.63, 3.8) is 0 Å². The van der Waals surface area contributed by atoms with E-state index in [-0.39, 0.29) is 19.3 Å². The zero-order chi connectivity index (χ0) is 12.8. The van der Waals surface area contributed by atoms with Crippen LogP contribution >= 0.6 is 0 Å². The first-order valence-electron chi connectivity index (χ1n) is 6.07. The lowest BCUT2D eigenvalue weighted by Gasteiger charge is -2.33. The van der Waals surface area contributed by atoms with Crippen molar-refractivity contribution < 1.29 is 19.1 Å². The van der Waals surface area contributed by atoms with Crippen LogP contribution in [-0.4, -0.2) is 60.4 Å². The Kier molecular flexibility index (Phi) is 4.60. The van der Waals surface area contributed by atoms with Gasteiger partial charge in [0.2, 0.25) is 0 Å². The molecule has 2 heterocycles. The van der Waals surface area contributed by atoms with E-state index in [1.54, 1.807) is 11.2 Å². The Bertz CT molecular complexity index is 358. The largest absolute Gasteiger partial charge is 0.468 e. The van der Waals surface area contributed by atoms with Crippen LogP contribution in [0.2, 0.25) is 0 Å². The van der Waals surface area contributed by atoms with Crippen LogP contribution in [0.25, 0.3) is 0 Å². The van der Waals surface area contributed by atoms with Gasteiger partial charge in [-0.3, -0.25) is 4.90 Å². The highest BCUT2D eigenvalue weighted by Crippen LogP contribution is 2.09. The summed E-state index contributed by atoms with van der Waals surface area (Å²) >= 11 is 0. The number of aliphatic hydroxyl groups is 1. The first-order valence-corrected chi connectivity index (χ1v) is 6.07. The average molecular weight is 254 g/mol. The molecule has 6 heteroatoms. The van der Waals surface area contributed by atoms with Crippen LogP contribution in [0.4, 0.5) is 4.79 Å². The van der Waals surface area contributed by atoms with Crippen molar-refractivity contribution in [3.8, 4) is 0 Å². The van der Waals surface area contributed by atoms with Crippen LogP contribution in [0.5, 0.6) is 0 Å². The van der Waals surface area contributed by atoms with E-state index in [0.717, 1.165) is 25.4 Å². The summed E-state index contributed by atoms with van der Waals surface area (Å²) in [7, 11) is 0. The molecule has 0 bridgehead atoms. The molecular weight excluding hydrogens is 236 g/mol. The van der Waals surface area contributed by atoms with Gasteiger partial charge in [-0.2, -0.15) is 0 Å². The molecule has 0 saturated carbocycles. The van der Waals surface area contributed by atoms with Crippen molar-refractivity contribution in [2.45, 2.75) is 6.54 Å². The maximum atomic E-state index is 11.5. The molecule has 2 rings (SSSR count). The van der Waals surface area contributed by atoms with E-state index < -0.39 is 0 Å². The second-order valence-electron chi connectivity index (χ2n) is 4.18. The molecule has 0 aliphatic carbocycles. The number of furan rings is 1. The maximum absolute atomic E-state index is 11.5. The molecule has 100 valence electrons. The number of hydrogen-bond acceptors (Lipinski definition) is 5. The Labute approximate surface area is 106 Å². The lowest BCUT2D eigenvalue weighted by molar-refractivity contribution is 0.0618. The van der Waals surface area contributed by atoms with Gasteiger partial charge in [0.25, 0.3) is 0 Å². The van der Waals surface area contributed by atoms with Gasteiger partial charge in [-0.25, -0.2) is 4.79 Å². The molecule has 0 spiro atoms. The molecule has 1 N–H and O–H groups in total. The van der Waals surface area contributed by atoms with Crippen LogP contribution in [0, 0.1) is 0 Å². The molecule has 1 amide bonds. The van der Waals surface area contributed by atoms with Gasteiger partial charge in [-0.1, -0.05) is 0 Å². The zero-order valence-electron chi connectivity index (χ0n) is 10.2. The Hall–Kier alpha value is -1.53. The Morgan fingerprint density at radius 1 is 1.39 bits per heavy atom. The van der Waals surface area contributed by atoms with Gasteiger partial charge in [0.1, 0.15) is 12.4 Å². The normalized spacial score (nSPS) is 16.8. The molecule has 0 radical (unpaired) electrons. The van der Waals surface area contributed by atoms with Crippen LogP contribution in [0.15, 0.2) is 22.8 Å². The minimum absolute atomic E-state index is 0.0610. The fraction of sp³-hybridized carbons (Fsp3) is 0.583. The third kappa shape index (κ3) is 3.48. The van der Waals surface area contributed by atoms with E-state index >= 15 is 0 Å². The van der Waals surface area contributed by atoms with Gasteiger partial charge in [0, 0.05) is 26.2 Å². The second kappa shape index (κ2) is 6.42. The third-order valence-electron chi connectivity index (χ3n) is 2.91. The smallest absolute Gasteiger partial charge is 0.409 e. The average Bonchev–Trinajstić information content (AvgIpc) is 2.89. The van der Waals surface area contributed by atoms with Crippen molar-refractivity contribution in [2.75, 3.05) is 39.4 Å². The number of nitrogens with zero attached hydrogens (tertiary/aromatic N) is 2. The lowest BCUT2D eigenvalue weighted by Crippen LogP contribution is -2.48. The van der Waals surface area contributed by atoms with Crippen LogP contribution in [-0.2, 0) is 11.3 Å². The highest BCUT2D eigenvalue weighted by atomic mass is 16.6. The molecule has 0 unspecified atom stereocenters. The Morgan fingerprint density at radius 3 is 2.78 bits per heavy atom. The maximum Gasteiger partial charge on any atom is 0.409 e. The molecule has 1 aromatic rings. The number of amides is 1. The summed E-state index contributed by atoms with van der Waals surface area (Å²) in [6, 6.07) is 3.82. The second-order valence-corrected chi connectivity index (χ2v) is 4.18. The molecule has 6 nitrogen and oxygen atoms in total. The lowest BCUT2D eigenvalue weighted by atomic mass is 10.3. The van der Waals surface area contributed by atoms with Crippen LogP contribution < -0.4 is 0 Å². The van der Waals surface area contributed by atoms with Crippen molar-refractivity contribution in [2.24, 2.45) is 0 Å². The molecule has 1 aliphatic heterocycles. The number of carbonyl (C=O) groups excluding carboxylic acids is 1. The van der Waals surface area contributed by atoms with Crippen molar-refractivity contribution >= 4 is 6.09 Å². The fourth-order valence-corrected chi connectivity index (χ4v) is 1.94. The number of piperazine rings is 1. The summed E-state index contributed by atoms with van der Waals surface area (Å²) in [5, 5.41) is 8.58. The summed E-state index contributed by atoms with van der Waals surface area (Å²) < 4.78 is 10.2. The van der Waals surface area contributed by atoms with E-state index in [4.69, 9.17) is 14.3 Å². The molecular formula is C12H18N2O4. The molecule has 0 aromatic carbocycles. The van der Waals surface area contributed by atoms with E-state index in [1.165, 1.54) is 0 Å². The molecule has 1 aromatic heterocycles. The van der Waals surface area contributed by atoms with Crippen LogP contribution in [0.1, 0.15) is 5.76 Å². The van der Waals surface area contributed by atoms with Gasteiger partial charge in [0.15, 0.2) is 0 Å². The predicted molar refractivity (Wildman–Crippen MR) is 64.0 cm³/mol. The summed E-state index contributed by atoms with van der Waals surface area (Å²) in [6.45, 7) is 3.59. The van der Waals surface area contributed by atoms with Crippen LogP contribution in [0.3, 0.4) is 0 Å². The zero-order valence-corrected chi connectivity index (χ0v) is 10.2. The third-order valence-corrected chi connectivity index (χ3v) is 2.91. The molecule has 0 atom stereocenters. The van der Waals surface area contributed by atoms with Gasteiger partial charge >= 0.3 is 6.09 Å². The highest BCUT2D eigenvalue weighted by Gasteiger charge is 2.22. The Morgan fingerprint density at radius 2 is 2.17 bits per heavy atom. The summed E-state index contributed by atoms with van der Waals surface area (Å²) in [4.78, 5) is 15.4. The first-order chi connectivity index (χ1) is 8.79. The number of ether oxygens (including phenoxy) is 1. The SMILES string of the molecule is O=C(OCCO)N1CCN(Cc2ccco2)CC1. The minimum atomic E-state index is -0.346. The van der Waals surface area contributed by atoms with Gasteiger partial charge in [0.05, 0.1) is 19.4 Å². The van der Waals surface area contributed by atoms with E-state index in [9.17, 15) is 4.79 Å². The predicted octanol–water partition coefficient (Wildman–Crippen LogP) is 0.526. The summed E-state index contributed by atoms with van der Waals surface area (Å²) in [5.74, 6) is 0.936. The fourth-order valence-electron chi connectivity index (χ4n) is 1.94. The molecule has 1 fully saturated rings. The van der Waals surface area contributed by atoms with Gasteiger partial charge in [-0.05, 0) is 12.1 Å². The molecule has 1 saturated heterocycles. The van der Waals surface area contributed by atoms with Crippen molar-refractivity contribution in [1.82, 2.24) is 9.80 Å². The monoisotopic (exact) mass is 254 g/mol. The van der Waals surface area contributed by atoms with Gasteiger partial charge < -0.3 is 19.2 Å². The highest BCUT2D eigenvalue weighted by molar-refractivity contribution is 5.67.